The number of sulfonamides is 1. The number of hydrogen-bond acceptors (Lipinski definition) is 5. The topological polar surface area (TPSA) is 75.2 Å². The summed E-state index contributed by atoms with van der Waals surface area (Å²) in [6, 6.07) is 6.92. The van der Waals surface area contributed by atoms with E-state index in [0.717, 1.165) is 11.3 Å². The number of anilines is 1. The molecule has 1 N–H and O–H groups in total. The number of nitrogens with zero attached hydrogens (tertiary/aromatic N) is 3. The van der Waals surface area contributed by atoms with Gasteiger partial charge in [0, 0.05) is 25.8 Å². The Morgan fingerprint density at radius 2 is 1.74 bits per heavy atom. The molecule has 6 nitrogen and oxygen atoms in total. The molecule has 0 saturated heterocycles. The summed E-state index contributed by atoms with van der Waals surface area (Å²) in [5, 5.41) is 3.17. The van der Waals surface area contributed by atoms with Crippen molar-refractivity contribution in [1.29, 1.82) is 0 Å². The van der Waals surface area contributed by atoms with Crippen molar-refractivity contribution < 1.29 is 8.42 Å². The molecule has 2 rings (SSSR count). The molecule has 1 aromatic carbocycles. The maximum Gasteiger partial charge on any atom is 0.243 e. The molecule has 0 atom stereocenters. The molecule has 1 heterocycles. The maximum atomic E-state index is 12.4. The average Bonchev–Trinajstić information content (AvgIpc) is 2.54. The van der Waals surface area contributed by atoms with E-state index < -0.39 is 10.0 Å². The van der Waals surface area contributed by atoms with Crippen LogP contribution in [0.2, 0.25) is 0 Å². The van der Waals surface area contributed by atoms with Gasteiger partial charge in [-0.15, -0.1) is 0 Å². The second kappa shape index (κ2) is 7.52. The van der Waals surface area contributed by atoms with Crippen LogP contribution in [0.1, 0.15) is 25.1 Å². The first-order chi connectivity index (χ1) is 11.0. The molecule has 0 saturated carbocycles. The number of nitrogens with one attached hydrogen (secondary N) is 1. The van der Waals surface area contributed by atoms with Gasteiger partial charge in [0.05, 0.1) is 16.8 Å². The fraction of sp³-hybridized carbons (Fsp3) is 0.375. The minimum Gasteiger partial charge on any atom is -0.365 e. The van der Waals surface area contributed by atoms with Crippen molar-refractivity contribution in [3.63, 3.8) is 0 Å². The Morgan fingerprint density at radius 3 is 2.30 bits per heavy atom. The van der Waals surface area contributed by atoms with E-state index in [1.54, 1.807) is 24.5 Å². The molecule has 0 spiro atoms. The Hall–Kier alpha value is -1.99. The molecule has 0 aliphatic rings. The molecule has 7 heteroatoms. The van der Waals surface area contributed by atoms with E-state index in [2.05, 4.69) is 15.3 Å². The first kappa shape index (κ1) is 17.4. The maximum absolute atomic E-state index is 12.4. The fourth-order valence-corrected chi connectivity index (χ4v) is 3.69. The number of benzene rings is 1. The Bertz CT molecular complexity index is 741. The molecule has 1 aromatic heterocycles. The zero-order valence-electron chi connectivity index (χ0n) is 13.7. The number of rotatable bonds is 7. The summed E-state index contributed by atoms with van der Waals surface area (Å²) in [6.07, 6.45) is 3.35. The van der Waals surface area contributed by atoms with E-state index >= 15 is 0 Å². The van der Waals surface area contributed by atoms with Crippen molar-refractivity contribution in [3.05, 3.63) is 47.9 Å². The lowest BCUT2D eigenvalue weighted by molar-refractivity contribution is 0.445. The summed E-state index contributed by atoms with van der Waals surface area (Å²) in [7, 11) is -3.40. The highest BCUT2D eigenvalue weighted by molar-refractivity contribution is 7.89. The van der Waals surface area contributed by atoms with E-state index in [0.29, 0.717) is 30.3 Å². The first-order valence-electron chi connectivity index (χ1n) is 7.59. The van der Waals surface area contributed by atoms with Crippen LogP contribution in [0.15, 0.2) is 41.6 Å². The van der Waals surface area contributed by atoms with Crippen LogP contribution >= 0.6 is 0 Å². The van der Waals surface area contributed by atoms with Crippen molar-refractivity contribution >= 4 is 15.8 Å². The first-order valence-corrected chi connectivity index (χ1v) is 9.03. The molecular weight excluding hydrogens is 312 g/mol. The minimum atomic E-state index is -3.40. The molecule has 0 unspecified atom stereocenters. The van der Waals surface area contributed by atoms with Gasteiger partial charge in [-0.3, -0.25) is 4.98 Å². The van der Waals surface area contributed by atoms with Crippen molar-refractivity contribution in [1.82, 2.24) is 14.3 Å². The largest absolute Gasteiger partial charge is 0.365 e. The summed E-state index contributed by atoms with van der Waals surface area (Å²) in [4.78, 5) is 8.71. The SMILES string of the molecule is CCN(CC)S(=O)(=O)c1ccc(CNc2cncc(C)n2)cc1. The van der Waals surface area contributed by atoms with Gasteiger partial charge in [-0.1, -0.05) is 26.0 Å². The highest BCUT2D eigenvalue weighted by Crippen LogP contribution is 2.16. The zero-order valence-corrected chi connectivity index (χ0v) is 14.5. The summed E-state index contributed by atoms with van der Waals surface area (Å²) < 4.78 is 26.3. The molecule has 23 heavy (non-hydrogen) atoms. The molecule has 0 amide bonds. The van der Waals surface area contributed by atoms with Gasteiger partial charge in [0.25, 0.3) is 0 Å². The van der Waals surface area contributed by atoms with Crippen LogP contribution in [-0.4, -0.2) is 35.8 Å². The molecule has 2 aromatic rings. The minimum absolute atomic E-state index is 0.320. The standard InChI is InChI=1S/C16H22N4O2S/c1-4-20(5-2)23(21,22)15-8-6-14(7-9-15)11-18-16-12-17-10-13(3)19-16/h6-10,12H,4-5,11H2,1-3H3,(H,18,19). The second-order valence-corrected chi connectivity index (χ2v) is 7.07. The number of aryl methyl sites for hydroxylation is 1. The van der Waals surface area contributed by atoms with Crippen LogP contribution < -0.4 is 5.32 Å². The summed E-state index contributed by atoms with van der Waals surface area (Å²) in [5.41, 5.74) is 1.82. The normalized spacial score (nSPS) is 11.7. The predicted molar refractivity (Wildman–Crippen MR) is 90.6 cm³/mol. The predicted octanol–water partition coefficient (Wildman–Crippen LogP) is 2.43. The molecule has 0 radical (unpaired) electrons. The van der Waals surface area contributed by atoms with E-state index in [1.165, 1.54) is 4.31 Å². The van der Waals surface area contributed by atoms with E-state index in [1.807, 2.05) is 32.9 Å². The Kier molecular flexibility index (Phi) is 5.68. The fourth-order valence-electron chi connectivity index (χ4n) is 2.23. The monoisotopic (exact) mass is 334 g/mol. The molecule has 0 fully saturated rings. The van der Waals surface area contributed by atoms with Crippen molar-refractivity contribution in [2.45, 2.75) is 32.2 Å². The number of aromatic nitrogens is 2. The molecule has 124 valence electrons. The van der Waals surface area contributed by atoms with Crippen LogP contribution in [0.25, 0.3) is 0 Å². The highest BCUT2D eigenvalue weighted by atomic mass is 32.2. The third kappa shape index (κ3) is 4.27. The third-order valence-electron chi connectivity index (χ3n) is 3.50. The molecule has 0 aliphatic carbocycles. The second-order valence-electron chi connectivity index (χ2n) is 5.13. The zero-order chi connectivity index (χ0) is 16.9. The summed E-state index contributed by atoms with van der Waals surface area (Å²) >= 11 is 0. The van der Waals surface area contributed by atoms with Gasteiger partial charge in [-0.25, -0.2) is 13.4 Å². The van der Waals surface area contributed by atoms with Gasteiger partial charge in [-0.2, -0.15) is 4.31 Å². The van der Waals surface area contributed by atoms with Gasteiger partial charge in [0.1, 0.15) is 5.82 Å². The van der Waals surface area contributed by atoms with Gasteiger partial charge in [0.2, 0.25) is 10.0 Å². The Morgan fingerprint density at radius 1 is 1.09 bits per heavy atom. The lowest BCUT2D eigenvalue weighted by atomic mass is 10.2. The Labute approximate surface area is 137 Å². The van der Waals surface area contributed by atoms with Crippen molar-refractivity contribution in [2.24, 2.45) is 0 Å². The van der Waals surface area contributed by atoms with Crippen LogP contribution in [0, 0.1) is 6.92 Å². The van der Waals surface area contributed by atoms with Gasteiger partial charge in [0.15, 0.2) is 0 Å². The smallest absolute Gasteiger partial charge is 0.243 e. The van der Waals surface area contributed by atoms with E-state index in [-0.39, 0.29) is 0 Å². The van der Waals surface area contributed by atoms with Gasteiger partial charge in [-0.05, 0) is 24.6 Å². The van der Waals surface area contributed by atoms with E-state index in [4.69, 9.17) is 0 Å². The van der Waals surface area contributed by atoms with Crippen molar-refractivity contribution in [2.75, 3.05) is 18.4 Å². The third-order valence-corrected chi connectivity index (χ3v) is 5.56. The molecule has 0 bridgehead atoms. The van der Waals surface area contributed by atoms with Crippen LogP contribution in [0.3, 0.4) is 0 Å². The van der Waals surface area contributed by atoms with E-state index in [9.17, 15) is 8.42 Å². The highest BCUT2D eigenvalue weighted by Gasteiger charge is 2.20. The number of hydrogen-bond donors (Lipinski definition) is 1. The summed E-state index contributed by atoms with van der Waals surface area (Å²) in [5.74, 6) is 0.699. The molecular formula is C16H22N4O2S. The van der Waals surface area contributed by atoms with Crippen LogP contribution in [-0.2, 0) is 16.6 Å². The Balaban J connectivity index is 2.08. The molecule has 0 aliphatic heterocycles. The quantitative estimate of drug-likeness (QED) is 0.841. The van der Waals surface area contributed by atoms with Crippen molar-refractivity contribution in [3.8, 4) is 0 Å². The lowest BCUT2D eigenvalue weighted by Gasteiger charge is -2.18. The average molecular weight is 334 g/mol. The van der Waals surface area contributed by atoms with Crippen LogP contribution in [0.5, 0.6) is 0 Å². The van der Waals surface area contributed by atoms with Crippen LogP contribution in [0.4, 0.5) is 5.82 Å². The summed E-state index contributed by atoms with van der Waals surface area (Å²) in [6.45, 7) is 7.04. The van der Waals surface area contributed by atoms with Gasteiger partial charge < -0.3 is 5.32 Å². The lowest BCUT2D eigenvalue weighted by Crippen LogP contribution is -2.30. The van der Waals surface area contributed by atoms with Gasteiger partial charge >= 0.3 is 0 Å².